The van der Waals surface area contributed by atoms with Crippen LogP contribution in [0.2, 0.25) is 10.0 Å². The average Bonchev–Trinajstić information content (AvgIpc) is 3.12. The predicted molar refractivity (Wildman–Crippen MR) is 134 cm³/mol. The minimum Gasteiger partial charge on any atom is -0.486 e. The van der Waals surface area contributed by atoms with E-state index in [1.165, 1.54) is 29.5 Å². The van der Waals surface area contributed by atoms with Crippen molar-refractivity contribution in [2.24, 2.45) is 0 Å². The summed E-state index contributed by atoms with van der Waals surface area (Å²) < 4.78 is 19.1. The van der Waals surface area contributed by atoms with Gasteiger partial charge in [0.05, 0.1) is 15.0 Å². The topological polar surface area (TPSA) is 50.4 Å². The maximum Gasteiger partial charge on any atom is 0.260 e. The highest BCUT2D eigenvalue weighted by molar-refractivity contribution is 8.05. The van der Waals surface area contributed by atoms with E-state index in [0.29, 0.717) is 31.8 Å². The molecular weight excluding hydrogens is 482 g/mol. The van der Waals surface area contributed by atoms with E-state index in [9.17, 15) is 9.18 Å². The van der Waals surface area contributed by atoms with Crippen LogP contribution in [0.5, 0.6) is 5.75 Å². The smallest absolute Gasteiger partial charge is 0.260 e. The molecule has 3 aromatic carbocycles. The molecule has 8 heteroatoms. The molecule has 1 fully saturated rings. The van der Waals surface area contributed by atoms with E-state index < -0.39 is 0 Å². The van der Waals surface area contributed by atoms with E-state index in [4.69, 9.17) is 27.9 Å². The van der Waals surface area contributed by atoms with Crippen LogP contribution >= 0.6 is 35.0 Å². The zero-order valence-electron chi connectivity index (χ0n) is 17.7. The highest BCUT2D eigenvalue weighted by Gasteiger charge is 2.27. The number of hydrogen-bond donors (Lipinski definition) is 2. The summed E-state index contributed by atoms with van der Waals surface area (Å²) in [6, 6.07) is 17.6. The van der Waals surface area contributed by atoms with E-state index in [-0.39, 0.29) is 23.8 Å². The summed E-state index contributed by atoms with van der Waals surface area (Å²) in [6.07, 6.45) is 2.71. The fourth-order valence-corrected chi connectivity index (χ4v) is 4.89. The van der Waals surface area contributed by atoms with Gasteiger partial charge in [-0.25, -0.2) is 4.39 Å². The van der Waals surface area contributed by atoms with Crippen molar-refractivity contribution in [1.29, 1.82) is 0 Å². The normalized spacial score (nSPS) is 16.7. The number of hydrogen-bond acceptors (Lipinski definition) is 4. The molecule has 1 saturated heterocycles. The van der Waals surface area contributed by atoms with Gasteiger partial charge in [0.1, 0.15) is 12.4 Å². The standard InChI is InChI=1S/C25H21Cl2FN2O2S/c1-2-15-6-8-19(9-7-15)29-25-30-24(31)22(33-25)13-17-11-20(26)23(21(27)12-17)32-14-16-4-3-5-18(28)10-16/h3-13,25,29H,2,14H2,1H3,(H,30,31)/b22-13-/t25-/m1/s1. The van der Waals surface area contributed by atoms with Crippen molar-refractivity contribution < 1.29 is 13.9 Å². The number of benzene rings is 3. The van der Waals surface area contributed by atoms with Gasteiger partial charge in [0.2, 0.25) is 0 Å². The van der Waals surface area contributed by atoms with Gasteiger partial charge in [0, 0.05) is 5.69 Å². The third kappa shape index (κ3) is 6.02. The number of rotatable bonds is 7. The van der Waals surface area contributed by atoms with Crippen molar-refractivity contribution in [1.82, 2.24) is 5.32 Å². The lowest BCUT2D eigenvalue weighted by atomic mass is 10.1. The molecule has 0 bridgehead atoms. The van der Waals surface area contributed by atoms with Gasteiger partial charge in [-0.3, -0.25) is 4.79 Å². The van der Waals surface area contributed by atoms with Gasteiger partial charge in [-0.05, 0) is 65.6 Å². The minimum absolute atomic E-state index is 0.127. The molecule has 0 saturated carbocycles. The van der Waals surface area contributed by atoms with Crippen LogP contribution in [0.3, 0.4) is 0 Å². The molecule has 1 atom stereocenters. The van der Waals surface area contributed by atoms with Crippen LogP contribution in [0.15, 0.2) is 65.6 Å². The molecule has 4 nitrogen and oxygen atoms in total. The molecule has 2 N–H and O–H groups in total. The zero-order valence-corrected chi connectivity index (χ0v) is 20.0. The van der Waals surface area contributed by atoms with Crippen molar-refractivity contribution in [2.75, 3.05) is 5.32 Å². The molecule has 0 aromatic heterocycles. The summed E-state index contributed by atoms with van der Waals surface area (Å²) in [5, 5.41) is 6.82. The molecule has 0 spiro atoms. The number of aryl methyl sites for hydroxylation is 1. The quantitative estimate of drug-likeness (QED) is 0.346. The molecule has 170 valence electrons. The minimum atomic E-state index is -0.339. The van der Waals surface area contributed by atoms with Gasteiger partial charge >= 0.3 is 0 Å². The van der Waals surface area contributed by atoms with E-state index in [2.05, 4.69) is 29.7 Å². The molecule has 0 radical (unpaired) electrons. The summed E-state index contributed by atoms with van der Waals surface area (Å²) in [7, 11) is 0. The van der Waals surface area contributed by atoms with Crippen LogP contribution < -0.4 is 15.4 Å². The Bertz CT molecular complexity index is 1180. The summed E-state index contributed by atoms with van der Waals surface area (Å²) >= 11 is 14.1. The monoisotopic (exact) mass is 502 g/mol. The van der Waals surface area contributed by atoms with Gasteiger partial charge in [0.15, 0.2) is 11.2 Å². The second-order valence-electron chi connectivity index (χ2n) is 7.41. The number of nitrogens with one attached hydrogen (secondary N) is 2. The Morgan fingerprint density at radius 1 is 1.09 bits per heavy atom. The molecular formula is C25H21Cl2FN2O2S. The summed E-state index contributed by atoms with van der Waals surface area (Å²) in [5.41, 5.74) is 3.23. The third-order valence-electron chi connectivity index (χ3n) is 4.98. The van der Waals surface area contributed by atoms with Crippen molar-refractivity contribution >= 4 is 52.6 Å². The van der Waals surface area contributed by atoms with Gasteiger partial charge in [-0.1, -0.05) is 66.2 Å². The SMILES string of the molecule is CCc1ccc(N[C@@H]2NC(=O)/C(=C/c3cc(Cl)c(OCc4cccc(F)c4)c(Cl)c3)S2)cc1. The zero-order chi connectivity index (χ0) is 23.4. The average molecular weight is 503 g/mol. The number of carbonyl (C=O) groups is 1. The van der Waals surface area contributed by atoms with Gasteiger partial charge in [-0.2, -0.15) is 0 Å². The molecule has 1 heterocycles. The van der Waals surface area contributed by atoms with Crippen molar-refractivity contribution in [3.05, 3.63) is 98.1 Å². The van der Waals surface area contributed by atoms with E-state index >= 15 is 0 Å². The fraction of sp³-hybridized carbons (Fsp3) is 0.160. The maximum absolute atomic E-state index is 13.4. The lowest BCUT2D eigenvalue weighted by Crippen LogP contribution is -2.30. The van der Waals surface area contributed by atoms with Gasteiger partial charge < -0.3 is 15.4 Å². The molecule has 1 amide bonds. The third-order valence-corrected chi connectivity index (χ3v) is 6.57. The number of carbonyl (C=O) groups excluding carboxylic acids is 1. The van der Waals surface area contributed by atoms with Crippen molar-refractivity contribution in [3.63, 3.8) is 0 Å². The Kier molecular flexibility index (Phi) is 7.48. The molecule has 1 aliphatic rings. The van der Waals surface area contributed by atoms with Crippen LogP contribution in [0.25, 0.3) is 6.08 Å². The van der Waals surface area contributed by atoms with Crippen LogP contribution in [-0.4, -0.2) is 11.4 Å². The first-order chi connectivity index (χ1) is 15.9. The first-order valence-electron chi connectivity index (χ1n) is 10.3. The lowest BCUT2D eigenvalue weighted by molar-refractivity contribution is -0.116. The Morgan fingerprint density at radius 3 is 2.48 bits per heavy atom. The van der Waals surface area contributed by atoms with E-state index in [1.54, 1.807) is 30.3 Å². The van der Waals surface area contributed by atoms with Crippen LogP contribution in [0, 0.1) is 5.82 Å². The summed E-state index contributed by atoms with van der Waals surface area (Å²) in [6.45, 7) is 2.23. The second kappa shape index (κ2) is 10.5. The van der Waals surface area contributed by atoms with Crippen LogP contribution in [-0.2, 0) is 17.8 Å². The molecule has 0 unspecified atom stereocenters. The molecule has 4 rings (SSSR count). The maximum atomic E-state index is 13.4. The highest BCUT2D eigenvalue weighted by Crippen LogP contribution is 2.37. The van der Waals surface area contributed by atoms with E-state index in [1.807, 2.05) is 12.1 Å². The number of halogens is 3. The second-order valence-corrected chi connectivity index (χ2v) is 9.37. The van der Waals surface area contributed by atoms with Crippen LogP contribution in [0.4, 0.5) is 10.1 Å². The van der Waals surface area contributed by atoms with Gasteiger partial charge in [-0.15, -0.1) is 0 Å². The number of ether oxygens (including phenoxy) is 1. The summed E-state index contributed by atoms with van der Waals surface area (Å²) in [4.78, 5) is 13.0. The highest BCUT2D eigenvalue weighted by atomic mass is 35.5. The Morgan fingerprint density at radius 2 is 1.82 bits per heavy atom. The first kappa shape index (κ1) is 23.5. The van der Waals surface area contributed by atoms with E-state index in [0.717, 1.165) is 12.1 Å². The number of thioether (sulfide) groups is 1. The molecule has 33 heavy (non-hydrogen) atoms. The Hall–Kier alpha value is -2.67. The lowest BCUT2D eigenvalue weighted by Gasteiger charge is -2.13. The summed E-state index contributed by atoms with van der Waals surface area (Å²) in [5.74, 6) is -0.210. The van der Waals surface area contributed by atoms with Crippen molar-refractivity contribution in [2.45, 2.75) is 25.4 Å². The van der Waals surface area contributed by atoms with Crippen molar-refractivity contribution in [3.8, 4) is 5.75 Å². The fourth-order valence-electron chi connectivity index (χ4n) is 3.29. The van der Waals surface area contributed by atoms with Gasteiger partial charge in [0.25, 0.3) is 5.91 Å². The Balaban J connectivity index is 1.44. The first-order valence-corrected chi connectivity index (χ1v) is 12.0. The molecule has 0 aliphatic carbocycles. The number of anilines is 1. The molecule has 3 aromatic rings. The molecule has 1 aliphatic heterocycles. The number of amides is 1. The largest absolute Gasteiger partial charge is 0.486 e. The predicted octanol–water partition coefficient (Wildman–Crippen LogP) is 6.87. The van der Waals surface area contributed by atoms with Crippen LogP contribution in [0.1, 0.15) is 23.6 Å². The Labute approximate surface area is 206 Å².